The van der Waals surface area contributed by atoms with Gasteiger partial charge in [0, 0.05) is 11.8 Å². The second kappa shape index (κ2) is 7.58. The van der Waals surface area contributed by atoms with Gasteiger partial charge in [-0.3, -0.25) is 9.59 Å². The van der Waals surface area contributed by atoms with E-state index < -0.39 is 5.91 Å². The third-order valence-corrected chi connectivity index (χ3v) is 5.18. The lowest BCUT2D eigenvalue weighted by molar-refractivity contribution is -0.114. The number of carbonyl (C=O) groups is 2. The number of imidazole rings is 1. The Morgan fingerprint density at radius 2 is 2.10 bits per heavy atom. The molecule has 4 N–H and O–H groups in total. The van der Waals surface area contributed by atoms with Crippen LogP contribution in [0.2, 0.25) is 0 Å². The van der Waals surface area contributed by atoms with Crippen molar-refractivity contribution in [3.05, 3.63) is 35.2 Å². The van der Waals surface area contributed by atoms with Gasteiger partial charge in [-0.25, -0.2) is 15.0 Å². The number of nitrogens with one attached hydrogen (secondary N) is 4. The van der Waals surface area contributed by atoms with Crippen LogP contribution in [-0.4, -0.2) is 43.5 Å². The quantitative estimate of drug-likeness (QED) is 0.473. The van der Waals surface area contributed by atoms with Crippen molar-refractivity contribution in [2.75, 3.05) is 17.2 Å². The van der Waals surface area contributed by atoms with Crippen LogP contribution in [0.4, 0.5) is 11.5 Å². The number of aryl methyl sites for hydroxylation is 2. The highest BCUT2D eigenvalue weighted by Crippen LogP contribution is 2.25. The number of carbonyl (C=O) groups excluding carboxylic acids is 2. The summed E-state index contributed by atoms with van der Waals surface area (Å²) in [5.74, 6) is 0.824. The maximum Gasteiger partial charge on any atom is 0.272 e. The Hall–Kier alpha value is -3.76. The smallest absolute Gasteiger partial charge is 0.272 e. The number of aromatic amines is 1. The van der Waals surface area contributed by atoms with Crippen LogP contribution in [0.1, 0.15) is 46.9 Å². The average Bonchev–Trinajstić information content (AvgIpc) is 3.33. The average molecular weight is 408 g/mol. The Balaban J connectivity index is 1.27. The zero-order valence-corrected chi connectivity index (χ0v) is 16.1. The van der Waals surface area contributed by atoms with E-state index in [1.165, 1.54) is 18.4 Å². The molecule has 1 aliphatic heterocycles. The monoisotopic (exact) mass is 408 g/mol. The Bertz CT molecular complexity index is 1100. The van der Waals surface area contributed by atoms with Crippen LogP contribution in [0, 0.1) is 0 Å². The molecule has 1 aliphatic carbocycles. The van der Waals surface area contributed by atoms with Gasteiger partial charge in [-0.05, 0) is 25.7 Å². The van der Waals surface area contributed by atoms with Crippen molar-refractivity contribution >= 4 is 23.3 Å². The van der Waals surface area contributed by atoms with Crippen molar-refractivity contribution in [1.29, 1.82) is 0 Å². The van der Waals surface area contributed by atoms with Crippen molar-refractivity contribution < 1.29 is 14.1 Å². The zero-order chi connectivity index (χ0) is 20.5. The Labute approximate surface area is 171 Å². The minimum Gasteiger partial charge on any atom is -0.371 e. The highest BCUT2D eigenvalue weighted by Gasteiger charge is 2.23. The van der Waals surface area contributed by atoms with Crippen molar-refractivity contribution in [2.45, 2.75) is 38.6 Å². The van der Waals surface area contributed by atoms with E-state index in [-0.39, 0.29) is 30.5 Å². The molecule has 11 heteroatoms. The highest BCUT2D eigenvalue weighted by atomic mass is 16.5. The Kier molecular flexibility index (Phi) is 4.62. The maximum atomic E-state index is 12.6. The van der Waals surface area contributed by atoms with Gasteiger partial charge in [-0.1, -0.05) is 11.6 Å². The summed E-state index contributed by atoms with van der Waals surface area (Å²) < 4.78 is 5.36. The molecule has 0 bridgehead atoms. The summed E-state index contributed by atoms with van der Waals surface area (Å²) in [7, 11) is 0. The van der Waals surface area contributed by atoms with Crippen molar-refractivity contribution in [3.63, 3.8) is 0 Å². The molecule has 3 aromatic rings. The number of rotatable bonds is 4. The molecule has 0 saturated carbocycles. The van der Waals surface area contributed by atoms with Gasteiger partial charge in [-0.2, -0.15) is 0 Å². The van der Waals surface area contributed by atoms with Gasteiger partial charge in [0.2, 0.25) is 5.91 Å². The molecule has 2 amide bonds. The molecule has 30 heavy (non-hydrogen) atoms. The number of H-pyrrole nitrogens is 1. The van der Waals surface area contributed by atoms with Crippen LogP contribution in [-0.2, 0) is 24.2 Å². The molecule has 0 fully saturated rings. The molecule has 0 unspecified atom stereocenters. The summed E-state index contributed by atoms with van der Waals surface area (Å²) >= 11 is 0. The molecule has 2 aliphatic rings. The van der Waals surface area contributed by atoms with Crippen LogP contribution in [0.5, 0.6) is 0 Å². The molecular formula is C19H20N8O3. The number of hydrogen-bond donors (Lipinski definition) is 4. The van der Waals surface area contributed by atoms with Crippen LogP contribution < -0.4 is 16.0 Å². The summed E-state index contributed by atoms with van der Waals surface area (Å²) in [5, 5.41) is 12.3. The van der Waals surface area contributed by atoms with Gasteiger partial charge >= 0.3 is 0 Å². The van der Waals surface area contributed by atoms with E-state index >= 15 is 0 Å². The standard InChI is InChI=1S/C19H20N8O3/c28-14-8-20-15-16(22-9-23-18(15)26-14)19(29)21-7-10-6-13(27-30-10)17-24-11-4-2-1-3-5-12(11)25-17/h6,9,20H,1-5,7-8H2,(H,21,29)(H,24,25)(H,22,23,26,28). The molecule has 5 rings (SSSR count). The Morgan fingerprint density at radius 3 is 3.03 bits per heavy atom. The summed E-state index contributed by atoms with van der Waals surface area (Å²) in [6, 6.07) is 1.76. The van der Waals surface area contributed by atoms with E-state index in [0.717, 1.165) is 31.4 Å². The van der Waals surface area contributed by atoms with E-state index in [0.29, 0.717) is 23.0 Å². The van der Waals surface area contributed by atoms with E-state index in [2.05, 4.69) is 41.0 Å². The van der Waals surface area contributed by atoms with Gasteiger partial charge < -0.3 is 25.5 Å². The fraction of sp³-hybridized carbons (Fsp3) is 0.368. The lowest BCUT2D eigenvalue weighted by Gasteiger charge is -2.19. The molecule has 0 atom stereocenters. The van der Waals surface area contributed by atoms with Crippen molar-refractivity contribution in [2.24, 2.45) is 0 Å². The van der Waals surface area contributed by atoms with Gasteiger partial charge in [-0.15, -0.1) is 0 Å². The van der Waals surface area contributed by atoms with Crippen molar-refractivity contribution in [1.82, 2.24) is 30.4 Å². The first kappa shape index (κ1) is 18.3. The van der Waals surface area contributed by atoms with E-state index in [4.69, 9.17) is 4.52 Å². The summed E-state index contributed by atoms with van der Waals surface area (Å²) in [6.07, 6.45) is 6.75. The van der Waals surface area contributed by atoms with E-state index in [1.807, 2.05) is 0 Å². The largest absolute Gasteiger partial charge is 0.371 e. The fourth-order valence-corrected chi connectivity index (χ4v) is 3.68. The maximum absolute atomic E-state index is 12.6. The molecule has 0 radical (unpaired) electrons. The third kappa shape index (κ3) is 3.49. The molecular weight excluding hydrogens is 388 g/mol. The van der Waals surface area contributed by atoms with Gasteiger partial charge in [0.1, 0.15) is 17.7 Å². The normalized spacial score (nSPS) is 15.4. The molecule has 154 valence electrons. The molecule has 0 saturated heterocycles. The molecule has 3 aromatic heterocycles. The first-order valence-electron chi connectivity index (χ1n) is 9.88. The second-order valence-corrected chi connectivity index (χ2v) is 7.28. The van der Waals surface area contributed by atoms with Crippen LogP contribution >= 0.6 is 0 Å². The first-order valence-corrected chi connectivity index (χ1v) is 9.88. The highest BCUT2D eigenvalue weighted by molar-refractivity contribution is 6.06. The number of nitrogens with zero attached hydrogens (tertiary/aromatic N) is 4. The minimum absolute atomic E-state index is 0.0548. The SMILES string of the molecule is O=C1CNc2c(ncnc2C(=O)NCc2cc(-c3nc4c([nH]3)CCCCC4)no2)N1. The first-order chi connectivity index (χ1) is 14.7. The summed E-state index contributed by atoms with van der Waals surface area (Å²) in [5.41, 5.74) is 3.43. The minimum atomic E-state index is -0.417. The van der Waals surface area contributed by atoms with E-state index in [9.17, 15) is 9.59 Å². The van der Waals surface area contributed by atoms with Gasteiger partial charge in [0.15, 0.2) is 23.1 Å². The number of amides is 2. The zero-order valence-electron chi connectivity index (χ0n) is 16.1. The number of fused-ring (bicyclic) bond motifs is 2. The number of anilines is 2. The second-order valence-electron chi connectivity index (χ2n) is 7.28. The van der Waals surface area contributed by atoms with Crippen LogP contribution in [0.15, 0.2) is 16.9 Å². The predicted molar refractivity (Wildman–Crippen MR) is 106 cm³/mol. The number of hydrogen-bond acceptors (Lipinski definition) is 8. The van der Waals surface area contributed by atoms with Crippen LogP contribution in [0.3, 0.4) is 0 Å². The topological polar surface area (TPSA) is 151 Å². The third-order valence-electron chi connectivity index (χ3n) is 5.18. The summed E-state index contributed by atoms with van der Waals surface area (Å²) in [6.45, 7) is 0.191. The lowest BCUT2D eigenvalue weighted by Crippen LogP contribution is -2.32. The van der Waals surface area contributed by atoms with Crippen LogP contribution in [0.25, 0.3) is 11.5 Å². The Morgan fingerprint density at radius 1 is 1.20 bits per heavy atom. The molecule has 0 aromatic carbocycles. The fourth-order valence-electron chi connectivity index (χ4n) is 3.68. The van der Waals surface area contributed by atoms with Crippen molar-refractivity contribution in [3.8, 4) is 11.5 Å². The van der Waals surface area contributed by atoms with E-state index in [1.54, 1.807) is 6.07 Å². The molecule has 0 spiro atoms. The number of aromatic nitrogens is 5. The molecule has 4 heterocycles. The van der Waals surface area contributed by atoms with Gasteiger partial charge in [0.25, 0.3) is 5.91 Å². The molecule has 11 nitrogen and oxygen atoms in total. The lowest BCUT2D eigenvalue weighted by atomic mass is 10.2. The summed E-state index contributed by atoms with van der Waals surface area (Å²) in [4.78, 5) is 40.1. The predicted octanol–water partition coefficient (Wildman–Crippen LogP) is 1.42. The van der Waals surface area contributed by atoms with Gasteiger partial charge in [0.05, 0.1) is 18.8 Å².